The van der Waals surface area contributed by atoms with Crippen molar-refractivity contribution in [3.8, 4) is 0 Å². The molecule has 2 aliphatic rings. The molecule has 1 saturated heterocycles. The van der Waals surface area contributed by atoms with E-state index in [2.05, 4.69) is 5.32 Å². The number of hydrogen-bond acceptors (Lipinski definition) is 3. The predicted octanol–water partition coefficient (Wildman–Crippen LogP) is 2.37. The van der Waals surface area contributed by atoms with Crippen LogP contribution in [0.2, 0.25) is 0 Å². The van der Waals surface area contributed by atoms with Crippen molar-refractivity contribution < 1.29 is 14.4 Å². The number of imide groups is 1. The standard InChI is InChI=1S/C17H20N2O3/c1-17(13-9-5-6-10-13)15(21)19(16(22)18-17)11-14(20)12-7-3-2-4-8-12/h2-4,7-8,13H,5-6,9-11H2,1H3,(H,18,22). The molecule has 2 fully saturated rings. The third-order valence-corrected chi connectivity index (χ3v) is 4.87. The summed E-state index contributed by atoms with van der Waals surface area (Å²) in [6.07, 6.45) is 4.07. The summed E-state index contributed by atoms with van der Waals surface area (Å²) in [6, 6.07) is 8.28. The minimum Gasteiger partial charge on any atom is -0.323 e. The van der Waals surface area contributed by atoms with Gasteiger partial charge in [0.05, 0.1) is 6.54 Å². The van der Waals surface area contributed by atoms with Gasteiger partial charge in [0.15, 0.2) is 5.78 Å². The Morgan fingerprint density at radius 1 is 1.23 bits per heavy atom. The number of carbonyl (C=O) groups excluding carboxylic acids is 3. The fraction of sp³-hybridized carbons (Fsp3) is 0.471. The highest BCUT2D eigenvalue weighted by molar-refractivity contribution is 6.11. The van der Waals surface area contributed by atoms with Crippen molar-refractivity contribution in [3.05, 3.63) is 35.9 Å². The van der Waals surface area contributed by atoms with E-state index >= 15 is 0 Å². The molecule has 1 saturated carbocycles. The van der Waals surface area contributed by atoms with Gasteiger partial charge in [-0.1, -0.05) is 43.2 Å². The van der Waals surface area contributed by atoms with Crippen molar-refractivity contribution in [1.82, 2.24) is 10.2 Å². The van der Waals surface area contributed by atoms with E-state index in [0.29, 0.717) is 5.56 Å². The minimum absolute atomic E-state index is 0.167. The average Bonchev–Trinajstić information content (AvgIpc) is 3.13. The Bertz CT molecular complexity index is 608. The Kier molecular flexibility index (Phi) is 3.72. The number of amides is 3. The van der Waals surface area contributed by atoms with Crippen molar-refractivity contribution in [2.45, 2.75) is 38.1 Å². The predicted molar refractivity (Wildman–Crippen MR) is 81.4 cm³/mol. The van der Waals surface area contributed by atoms with E-state index in [1.807, 2.05) is 6.07 Å². The molecule has 22 heavy (non-hydrogen) atoms. The van der Waals surface area contributed by atoms with Crippen LogP contribution in [0, 0.1) is 5.92 Å². The van der Waals surface area contributed by atoms with Gasteiger partial charge in [-0.25, -0.2) is 4.79 Å². The lowest BCUT2D eigenvalue weighted by molar-refractivity contribution is -0.132. The molecule has 1 atom stereocenters. The molecule has 1 aliphatic carbocycles. The third kappa shape index (κ3) is 2.40. The van der Waals surface area contributed by atoms with Gasteiger partial charge in [0.1, 0.15) is 5.54 Å². The van der Waals surface area contributed by atoms with Gasteiger partial charge >= 0.3 is 6.03 Å². The van der Waals surface area contributed by atoms with E-state index in [-0.39, 0.29) is 24.2 Å². The largest absolute Gasteiger partial charge is 0.325 e. The van der Waals surface area contributed by atoms with E-state index in [1.54, 1.807) is 31.2 Å². The summed E-state index contributed by atoms with van der Waals surface area (Å²) in [5.41, 5.74) is -0.345. The Balaban J connectivity index is 1.76. The number of nitrogens with one attached hydrogen (secondary N) is 1. The molecule has 0 radical (unpaired) electrons. The van der Waals surface area contributed by atoms with Crippen molar-refractivity contribution >= 4 is 17.7 Å². The molecule has 3 amide bonds. The molecule has 1 aromatic rings. The molecule has 3 rings (SSSR count). The van der Waals surface area contributed by atoms with Gasteiger partial charge in [-0.3, -0.25) is 14.5 Å². The molecular formula is C17H20N2O3. The maximum absolute atomic E-state index is 12.7. The van der Waals surface area contributed by atoms with Gasteiger partial charge in [-0.05, 0) is 25.7 Å². The van der Waals surface area contributed by atoms with Crippen molar-refractivity contribution in [3.63, 3.8) is 0 Å². The molecule has 0 aromatic heterocycles. The molecule has 5 nitrogen and oxygen atoms in total. The number of benzene rings is 1. The second-order valence-corrected chi connectivity index (χ2v) is 6.29. The Morgan fingerprint density at radius 2 is 1.86 bits per heavy atom. The molecule has 5 heteroatoms. The van der Waals surface area contributed by atoms with Gasteiger partial charge in [-0.2, -0.15) is 0 Å². The van der Waals surface area contributed by atoms with Crippen molar-refractivity contribution in [2.24, 2.45) is 5.92 Å². The molecule has 0 bridgehead atoms. The molecule has 116 valence electrons. The number of carbonyl (C=O) groups is 3. The van der Waals surface area contributed by atoms with E-state index in [1.165, 1.54) is 0 Å². The Morgan fingerprint density at radius 3 is 2.50 bits per heavy atom. The lowest BCUT2D eigenvalue weighted by atomic mass is 9.84. The van der Waals surface area contributed by atoms with Gasteiger partial charge in [0.2, 0.25) is 0 Å². The minimum atomic E-state index is -0.857. The SMILES string of the molecule is CC1(C2CCCC2)NC(=O)N(CC(=O)c2ccccc2)C1=O. The maximum Gasteiger partial charge on any atom is 0.325 e. The van der Waals surface area contributed by atoms with E-state index in [9.17, 15) is 14.4 Å². The van der Waals surface area contributed by atoms with Crippen molar-refractivity contribution in [2.75, 3.05) is 6.54 Å². The first-order valence-electron chi connectivity index (χ1n) is 7.75. The second-order valence-electron chi connectivity index (χ2n) is 6.29. The summed E-state index contributed by atoms with van der Waals surface area (Å²) in [5, 5.41) is 2.81. The van der Waals surface area contributed by atoms with Crippen LogP contribution >= 0.6 is 0 Å². The highest BCUT2D eigenvalue weighted by Gasteiger charge is 2.53. The normalized spacial score (nSPS) is 25.6. The van der Waals surface area contributed by atoms with E-state index in [0.717, 1.165) is 30.6 Å². The van der Waals surface area contributed by atoms with E-state index in [4.69, 9.17) is 0 Å². The Hall–Kier alpha value is -2.17. The summed E-state index contributed by atoms with van der Waals surface area (Å²) in [4.78, 5) is 38.2. The Labute approximate surface area is 129 Å². The first-order valence-corrected chi connectivity index (χ1v) is 7.75. The number of urea groups is 1. The monoisotopic (exact) mass is 300 g/mol. The fourth-order valence-corrected chi connectivity index (χ4v) is 3.50. The fourth-order valence-electron chi connectivity index (χ4n) is 3.50. The molecule has 1 heterocycles. The zero-order valence-electron chi connectivity index (χ0n) is 12.7. The smallest absolute Gasteiger partial charge is 0.323 e. The van der Waals surface area contributed by atoms with Gasteiger partial charge in [-0.15, -0.1) is 0 Å². The van der Waals surface area contributed by atoms with Gasteiger partial charge < -0.3 is 5.32 Å². The first kappa shape index (κ1) is 14.8. The zero-order valence-corrected chi connectivity index (χ0v) is 12.7. The quantitative estimate of drug-likeness (QED) is 0.685. The van der Waals surface area contributed by atoms with Crippen LogP contribution < -0.4 is 5.32 Å². The van der Waals surface area contributed by atoms with Crippen LogP contribution in [0.4, 0.5) is 4.79 Å². The van der Waals surface area contributed by atoms with Crippen molar-refractivity contribution in [1.29, 1.82) is 0 Å². The number of ketones is 1. The van der Waals surface area contributed by atoms with Crippen LogP contribution in [0.15, 0.2) is 30.3 Å². The number of hydrogen-bond donors (Lipinski definition) is 1. The molecule has 1 unspecified atom stereocenters. The maximum atomic E-state index is 12.7. The van der Waals surface area contributed by atoms with Crippen LogP contribution in [0.3, 0.4) is 0 Å². The number of Topliss-reactive ketones (excluding diaryl/α,β-unsaturated/α-hetero) is 1. The second kappa shape index (κ2) is 5.55. The highest BCUT2D eigenvalue weighted by atomic mass is 16.2. The summed E-state index contributed by atoms with van der Waals surface area (Å²) in [5.74, 6) is -0.325. The van der Waals surface area contributed by atoms with Crippen LogP contribution in [0.5, 0.6) is 0 Å². The van der Waals surface area contributed by atoms with E-state index < -0.39 is 11.6 Å². The number of rotatable bonds is 4. The summed E-state index contributed by atoms with van der Waals surface area (Å²) in [7, 11) is 0. The highest BCUT2D eigenvalue weighted by Crippen LogP contribution is 2.37. The van der Waals surface area contributed by atoms with Crippen LogP contribution in [-0.4, -0.2) is 34.7 Å². The summed E-state index contributed by atoms with van der Waals surface area (Å²) < 4.78 is 0. The third-order valence-electron chi connectivity index (χ3n) is 4.87. The molecule has 1 aliphatic heterocycles. The van der Waals surface area contributed by atoms with Crippen LogP contribution in [-0.2, 0) is 4.79 Å². The van der Waals surface area contributed by atoms with Crippen LogP contribution in [0.25, 0.3) is 0 Å². The molecule has 1 aromatic carbocycles. The van der Waals surface area contributed by atoms with Gasteiger partial charge in [0, 0.05) is 5.56 Å². The first-order chi connectivity index (χ1) is 10.5. The number of nitrogens with zero attached hydrogens (tertiary/aromatic N) is 1. The summed E-state index contributed by atoms with van der Waals surface area (Å²) in [6.45, 7) is 1.59. The average molecular weight is 300 g/mol. The lowest BCUT2D eigenvalue weighted by Gasteiger charge is -2.28. The zero-order chi connectivity index (χ0) is 15.7. The molecule has 1 N–H and O–H groups in total. The topological polar surface area (TPSA) is 66.5 Å². The van der Waals surface area contributed by atoms with Gasteiger partial charge in [0.25, 0.3) is 5.91 Å². The molecule has 0 spiro atoms. The molecular weight excluding hydrogens is 280 g/mol. The van der Waals surface area contributed by atoms with Crippen LogP contribution in [0.1, 0.15) is 43.0 Å². The summed E-state index contributed by atoms with van der Waals surface area (Å²) >= 11 is 0. The lowest BCUT2D eigenvalue weighted by Crippen LogP contribution is -2.49.